The Bertz CT molecular complexity index is 578. The van der Waals surface area contributed by atoms with E-state index in [9.17, 15) is 0 Å². The Kier molecular flexibility index (Phi) is 5.59. The van der Waals surface area contributed by atoms with Gasteiger partial charge < -0.3 is 10.1 Å². The summed E-state index contributed by atoms with van der Waals surface area (Å²) >= 11 is 11.9. The fourth-order valence-electron chi connectivity index (χ4n) is 1.88. The van der Waals surface area contributed by atoms with Gasteiger partial charge in [-0.2, -0.15) is 0 Å². The van der Waals surface area contributed by atoms with E-state index in [1.165, 1.54) is 17.5 Å². The summed E-state index contributed by atoms with van der Waals surface area (Å²) in [5.41, 5.74) is 2.42. The average Bonchev–Trinajstić information content (AvgIpc) is 2.45. The third-order valence-corrected chi connectivity index (χ3v) is 3.59. The maximum atomic E-state index is 6.02. The molecule has 4 nitrogen and oxygen atoms in total. The molecule has 2 rings (SSSR count). The van der Waals surface area contributed by atoms with Gasteiger partial charge in [-0.15, -0.1) is 0 Å². The molecule has 2 aromatic rings. The first-order valence-electron chi connectivity index (χ1n) is 6.18. The molecule has 0 atom stereocenters. The van der Waals surface area contributed by atoms with Crippen LogP contribution in [0, 0.1) is 0 Å². The zero-order valence-corrected chi connectivity index (χ0v) is 12.6. The molecule has 0 amide bonds. The summed E-state index contributed by atoms with van der Waals surface area (Å²) in [5, 5.41) is 3.76. The highest BCUT2D eigenvalue weighted by atomic mass is 35.5. The maximum Gasteiger partial charge on any atom is 0.153 e. The Hall–Kier alpha value is -1.36. The van der Waals surface area contributed by atoms with Crippen molar-refractivity contribution in [3.63, 3.8) is 0 Å². The Labute approximate surface area is 128 Å². The molecule has 106 valence electrons. The summed E-state index contributed by atoms with van der Waals surface area (Å²) in [6.07, 6.45) is 2.23. The molecule has 0 aliphatic rings. The first-order chi connectivity index (χ1) is 9.72. The minimum atomic E-state index is 0.254. The Morgan fingerprint density at radius 2 is 1.90 bits per heavy atom. The number of methoxy groups -OCH3 is 1. The molecule has 0 saturated carbocycles. The van der Waals surface area contributed by atoms with Crippen molar-refractivity contribution in [2.75, 3.05) is 19.0 Å². The molecule has 0 radical (unpaired) electrons. The monoisotopic (exact) mass is 311 g/mol. The lowest BCUT2D eigenvalue weighted by atomic mass is 10.1. The van der Waals surface area contributed by atoms with Crippen molar-refractivity contribution in [3.8, 4) is 0 Å². The Morgan fingerprint density at radius 1 is 1.15 bits per heavy atom. The van der Waals surface area contributed by atoms with Crippen LogP contribution in [-0.4, -0.2) is 23.6 Å². The molecule has 20 heavy (non-hydrogen) atoms. The van der Waals surface area contributed by atoms with Gasteiger partial charge in [0.25, 0.3) is 0 Å². The van der Waals surface area contributed by atoms with Gasteiger partial charge in [0.2, 0.25) is 0 Å². The van der Waals surface area contributed by atoms with Crippen LogP contribution in [0.4, 0.5) is 5.82 Å². The zero-order chi connectivity index (χ0) is 14.4. The highest BCUT2D eigenvalue weighted by Crippen LogP contribution is 2.25. The molecule has 0 bridgehead atoms. The number of anilines is 1. The molecule has 6 heteroatoms. The second kappa shape index (κ2) is 7.43. The molecule has 0 spiro atoms. The smallest absolute Gasteiger partial charge is 0.153 e. The van der Waals surface area contributed by atoms with Crippen LogP contribution in [0.25, 0.3) is 0 Å². The van der Waals surface area contributed by atoms with Crippen LogP contribution in [0.5, 0.6) is 0 Å². The van der Waals surface area contributed by atoms with E-state index in [-0.39, 0.29) is 5.15 Å². The SMILES string of the molecule is COCc1ccccc1CCNc1ncnc(Cl)c1Cl. The van der Waals surface area contributed by atoms with Crippen LogP contribution in [0.2, 0.25) is 10.2 Å². The van der Waals surface area contributed by atoms with Gasteiger partial charge in [0.05, 0.1) is 6.61 Å². The summed E-state index contributed by atoms with van der Waals surface area (Å²) in [7, 11) is 1.69. The van der Waals surface area contributed by atoms with Crippen LogP contribution in [0.1, 0.15) is 11.1 Å². The van der Waals surface area contributed by atoms with E-state index in [2.05, 4.69) is 27.4 Å². The van der Waals surface area contributed by atoms with Gasteiger partial charge in [-0.1, -0.05) is 47.5 Å². The number of halogens is 2. The van der Waals surface area contributed by atoms with Gasteiger partial charge in [0.1, 0.15) is 17.2 Å². The van der Waals surface area contributed by atoms with Gasteiger partial charge in [-0.25, -0.2) is 9.97 Å². The highest BCUT2D eigenvalue weighted by Gasteiger charge is 2.07. The molecule has 0 aliphatic carbocycles. The van der Waals surface area contributed by atoms with E-state index in [4.69, 9.17) is 27.9 Å². The third kappa shape index (κ3) is 3.82. The maximum absolute atomic E-state index is 6.02. The van der Waals surface area contributed by atoms with Gasteiger partial charge >= 0.3 is 0 Å². The average molecular weight is 312 g/mol. The van der Waals surface area contributed by atoms with Gasteiger partial charge in [-0.3, -0.25) is 0 Å². The number of hydrogen-bond acceptors (Lipinski definition) is 4. The fourth-order valence-corrected chi connectivity index (χ4v) is 2.18. The summed E-state index contributed by atoms with van der Waals surface area (Å²) in [6.45, 7) is 1.31. The number of hydrogen-bond donors (Lipinski definition) is 1. The van der Waals surface area contributed by atoms with E-state index in [0.29, 0.717) is 24.0 Å². The largest absolute Gasteiger partial charge is 0.380 e. The third-order valence-electron chi connectivity index (χ3n) is 2.85. The van der Waals surface area contributed by atoms with Crippen LogP contribution in [0.15, 0.2) is 30.6 Å². The molecule has 0 fully saturated rings. The molecular weight excluding hydrogens is 297 g/mol. The van der Waals surface area contributed by atoms with Crippen molar-refractivity contribution in [3.05, 3.63) is 51.9 Å². The predicted molar refractivity (Wildman–Crippen MR) is 81.4 cm³/mol. The molecule has 0 unspecified atom stereocenters. The molecule has 1 heterocycles. The first kappa shape index (κ1) is 15.0. The van der Waals surface area contributed by atoms with Crippen LogP contribution >= 0.6 is 23.2 Å². The standard InChI is InChI=1S/C14H15Cl2N3O/c1-20-8-11-5-3-2-4-10(11)6-7-17-14-12(15)13(16)18-9-19-14/h2-5,9H,6-8H2,1H3,(H,17,18,19). The summed E-state index contributed by atoms with van der Waals surface area (Å²) < 4.78 is 5.19. The van der Waals surface area contributed by atoms with Crippen molar-refractivity contribution in [1.82, 2.24) is 9.97 Å². The summed E-state index contributed by atoms with van der Waals surface area (Å²) in [5.74, 6) is 0.552. The highest BCUT2D eigenvalue weighted by molar-refractivity contribution is 6.42. The molecule has 1 aromatic heterocycles. The first-order valence-corrected chi connectivity index (χ1v) is 6.93. The number of benzene rings is 1. The molecule has 0 aliphatic heterocycles. The second-order valence-corrected chi connectivity index (χ2v) is 4.94. The van der Waals surface area contributed by atoms with E-state index < -0.39 is 0 Å². The van der Waals surface area contributed by atoms with Gasteiger partial charge in [0, 0.05) is 13.7 Å². The lowest BCUT2D eigenvalue weighted by molar-refractivity contribution is 0.184. The molecule has 0 saturated heterocycles. The predicted octanol–water partition coefficient (Wildman–Crippen LogP) is 3.58. The minimum absolute atomic E-state index is 0.254. The van der Waals surface area contributed by atoms with Gasteiger partial charge in [-0.05, 0) is 17.5 Å². The number of rotatable bonds is 6. The van der Waals surface area contributed by atoms with Crippen LogP contribution < -0.4 is 5.32 Å². The zero-order valence-electron chi connectivity index (χ0n) is 11.1. The Balaban J connectivity index is 1.98. The second-order valence-electron chi connectivity index (χ2n) is 4.21. The number of aromatic nitrogens is 2. The van der Waals surface area contributed by atoms with E-state index >= 15 is 0 Å². The Morgan fingerprint density at radius 3 is 2.65 bits per heavy atom. The van der Waals surface area contributed by atoms with Crippen molar-refractivity contribution in [2.45, 2.75) is 13.0 Å². The van der Waals surface area contributed by atoms with Crippen molar-refractivity contribution in [2.24, 2.45) is 0 Å². The fraction of sp³-hybridized carbons (Fsp3) is 0.286. The molecule has 1 N–H and O–H groups in total. The lowest BCUT2D eigenvalue weighted by Gasteiger charge is -2.10. The molecule has 1 aromatic carbocycles. The van der Waals surface area contributed by atoms with Crippen LogP contribution in [0.3, 0.4) is 0 Å². The topological polar surface area (TPSA) is 47.0 Å². The van der Waals surface area contributed by atoms with Crippen LogP contribution in [-0.2, 0) is 17.8 Å². The molecular formula is C14H15Cl2N3O. The number of nitrogens with zero attached hydrogens (tertiary/aromatic N) is 2. The van der Waals surface area contributed by atoms with E-state index in [0.717, 1.165) is 6.42 Å². The normalized spacial score (nSPS) is 10.6. The van der Waals surface area contributed by atoms with E-state index in [1.807, 2.05) is 12.1 Å². The van der Waals surface area contributed by atoms with Crippen molar-refractivity contribution in [1.29, 1.82) is 0 Å². The minimum Gasteiger partial charge on any atom is -0.380 e. The number of nitrogens with one attached hydrogen (secondary N) is 1. The summed E-state index contributed by atoms with van der Waals surface area (Å²) in [4.78, 5) is 7.88. The summed E-state index contributed by atoms with van der Waals surface area (Å²) in [6, 6.07) is 8.17. The van der Waals surface area contributed by atoms with Crippen molar-refractivity contribution < 1.29 is 4.74 Å². The van der Waals surface area contributed by atoms with Gasteiger partial charge in [0.15, 0.2) is 5.15 Å². The number of ether oxygens (including phenoxy) is 1. The quantitative estimate of drug-likeness (QED) is 0.828. The van der Waals surface area contributed by atoms with Crippen molar-refractivity contribution >= 4 is 29.0 Å². The lowest BCUT2D eigenvalue weighted by Crippen LogP contribution is -2.09. The van der Waals surface area contributed by atoms with E-state index in [1.54, 1.807) is 7.11 Å².